The van der Waals surface area contributed by atoms with Gasteiger partial charge in [-0.05, 0) is 51.3 Å². The van der Waals surface area contributed by atoms with Crippen LogP contribution in [0.3, 0.4) is 0 Å². The molecular formula is C16H23ClN4. The number of fused-ring (bicyclic) bond motifs is 1. The second-order valence-corrected chi connectivity index (χ2v) is 6.64. The summed E-state index contributed by atoms with van der Waals surface area (Å²) in [5, 5.41) is 0. The summed E-state index contributed by atoms with van der Waals surface area (Å²) in [6.45, 7) is 9.90. The van der Waals surface area contributed by atoms with Gasteiger partial charge in [0.15, 0.2) is 5.65 Å². The summed E-state index contributed by atoms with van der Waals surface area (Å²) < 4.78 is 2.22. The molecule has 0 radical (unpaired) electrons. The summed E-state index contributed by atoms with van der Waals surface area (Å²) in [7, 11) is 0. The number of alkyl halides is 1. The summed E-state index contributed by atoms with van der Waals surface area (Å²) in [5.41, 5.74) is 3.07. The van der Waals surface area contributed by atoms with E-state index in [4.69, 9.17) is 11.6 Å². The average Bonchev–Trinajstić information content (AvgIpc) is 3.04. The predicted octanol–water partition coefficient (Wildman–Crippen LogP) is 3.21. The van der Waals surface area contributed by atoms with Crippen LogP contribution in [0.5, 0.6) is 0 Å². The Kier molecular flexibility index (Phi) is 4.18. The van der Waals surface area contributed by atoms with Crippen LogP contribution in [-0.4, -0.2) is 38.6 Å². The number of nitrogens with zero attached hydrogens (tertiary/aromatic N) is 4. The maximum Gasteiger partial charge on any atom is 0.160 e. The summed E-state index contributed by atoms with van der Waals surface area (Å²) >= 11 is 6.09. The number of hydrogen-bond donors (Lipinski definition) is 0. The molecule has 1 aliphatic rings. The van der Waals surface area contributed by atoms with Gasteiger partial charge in [0.25, 0.3) is 0 Å². The fourth-order valence-electron chi connectivity index (χ4n) is 3.19. The minimum Gasteiger partial charge on any atom is -0.311 e. The molecule has 0 N–H and O–H groups in total. The molecule has 21 heavy (non-hydrogen) atoms. The van der Waals surface area contributed by atoms with Crippen molar-refractivity contribution >= 4 is 22.8 Å². The normalized spacial score (nSPS) is 20.0. The largest absolute Gasteiger partial charge is 0.311 e. The molecule has 3 rings (SSSR count). The number of pyridine rings is 1. The lowest BCUT2D eigenvalue weighted by atomic mass is 10.1. The van der Waals surface area contributed by atoms with Crippen LogP contribution in [0.4, 0.5) is 0 Å². The first-order valence-corrected chi connectivity index (χ1v) is 8.23. The first kappa shape index (κ1) is 14.8. The zero-order valence-electron chi connectivity index (χ0n) is 13.0. The van der Waals surface area contributed by atoms with Crippen molar-refractivity contribution in [1.82, 2.24) is 19.4 Å². The van der Waals surface area contributed by atoms with Crippen molar-refractivity contribution in [2.75, 3.05) is 13.1 Å². The van der Waals surface area contributed by atoms with E-state index in [2.05, 4.69) is 39.3 Å². The van der Waals surface area contributed by atoms with Gasteiger partial charge in [0.1, 0.15) is 11.3 Å². The first-order chi connectivity index (χ1) is 10.1. The molecule has 114 valence electrons. The molecule has 1 aliphatic heterocycles. The molecule has 4 nitrogen and oxygen atoms in total. The number of imidazole rings is 1. The summed E-state index contributed by atoms with van der Waals surface area (Å²) in [6, 6.07) is 2.71. The second-order valence-electron chi connectivity index (χ2n) is 6.37. The van der Waals surface area contributed by atoms with E-state index in [1.807, 2.05) is 13.1 Å². The molecule has 0 bridgehead atoms. The van der Waals surface area contributed by atoms with Gasteiger partial charge < -0.3 is 9.47 Å². The smallest absolute Gasteiger partial charge is 0.160 e. The third-order valence-electron chi connectivity index (χ3n) is 4.41. The van der Waals surface area contributed by atoms with E-state index in [1.54, 1.807) is 0 Å². The average molecular weight is 307 g/mol. The number of hydrogen-bond acceptors (Lipinski definition) is 3. The highest BCUT2D eigenvalue weighted by Crippen LogP contribution is 2.24. The fraction of sp³-hybridized carbons (Fsp3) is 0.625. The van der Waals surface area contributed by atoms with Gasteiger partial charge in [0.05, 0.1) is 5.88 Å². The van der Waals surface area contributed by atoms with Crippen LogP contribution < -0.4 is 0 Å². The number of aromatic nitrogens is 3. The van der Waals surface area contributed by atoms with E-state index in [1.165, 1.54) is 13.0 Å². The van der Waals surface area contributed by atoms with Gasteiger partial charge >= 0.3 is 0 Å². The molecule has 1 unspecified atom stereocenters. The zero-order valence-corrected chi connectivity index (χ0v) is 13.8. The number of likely N-dealkylation sites (tertiary alicyclic amines) is 1. The Bertz CT molecular complexity index is 634. The zero-order chi connectivity index (χ0) is 15.0. The van der Waals surface area contributed by atoms with Gasteiger partial charge in [-0.3, -0.25) is 0 Å². The molecule has 0 aliphatic carbocycles. The topological polar surface area (TPSA) is 34.0 Å². The Morgan fingerprint density at radius 3 is 2.90 bits per heavy atom. The Labute approximate surface area is 131 Å². The van der Waals surface area contributed by atoms with Gasteiger partial charge in [-0.25, -0.2) is 9.97 Å². The van der Waals surface area contributed by atoms with Crippen molar-refractivity contribution in [2.24, 2.45) is 5.92 Å². The maximum absolute atomic E-state index is 6.09. The van der Waals surface area contributed by atoms with E-state index in [0.717, 1.165) is 35.6 Å². The summed E-state index contributed by atoms with van der Waals surface area (Å²) in [6.07, 6.45) is 3.15. The highest BCUT2D eigenvalue weighted by atomic mass is 35.5. The Hall–Kier alpha value is -1.13. The molecule has 1 saturated heterocycles. The molecule has 1 fully saturated rings. The minimum atomic E-state index is 0.440. The van der Waals surface area contributed by atoms with Gasteiger partial charge in [0, 0.05) is 25.3 Å². The van der Waals surface area contributed by atoms with Crippen LogP contribution in [-0.2, 0) is 12.4 Å². The third-order valence-corrected chi connectivity index (χ3v) is 4.65. The molecule has 0 aromatic carbocycles. The van der Waals surface area contributed by atoms with Gasteiger partial charge in [-0.1, -0.05) is 0 Å². The summed E-state index contributed by atoms with van der Waals surface area (Å²) in [5.74, 6) is 2.04. The second kappa shape index (κ2) is 5.93. The third kappa shape index (κ3) is 2.92. The van der Waals surface area contributed by atoms with Crippen LogP contribution in [0.15, 0.2) is 12.3 Å². The Morgan fingerprint density at radius 1 is 1.43 bits per heavy atom. The summed E-state index contributed by atoms with van der Waals surface area (Å²) in [4.78, 5) is 11.8. The van der Waals surface area contributed by atoms with Crippen molar-refractivity contribution in [3.63, 3.8) is 0 Å². The molecule has 0 amide bonds. The van der Waals surface area contributed by atoms with Crippen molar-refractivity contribution in [1.29, 1.82) is 0 Å². The van der Waals surface area contributed by atoms with Crippen molar-refractivity contribution in [2.45, 2.75) is 45.7 Å². The maximum atomic E-state index is 6.09. The first-order valence-electron chi connectivity index (χ1n) is 7.70. The van der Waals surface area contributed by atoms with Crippen LogP contribution in [0.2, 0.25) is 0 Å². The van der Waals surface area contributed by atoms with Crippen molar-refractivity contribution in [3.05, 3.63) is 23.7 Å². The quantitative estimate of drug-likeness (QED) is 0.813. The highest BCUT2D eigenvalue weighted by Gasteiger charge is 2.25. The molecule has 3 heterocycles. The molecule has 5 heteroatoms. The standard InChI is InChI=1S/C16H23ClN4/c1-11(2)20-5-4-13(9-20)10-21-15(7-17)19-14-6-12(3)8-18-16(14)21/h6,8,11,13H,4-5,7,9-10H2,1-3H3. The molecule has 0 spiro atoms. The lowest BCUT2D eigenvalue weighted by molar-refractivity contribution is 0.261. The van der Waals surface area contributed by atoms with E-state index in [0.29, 0.717) is 17.8 Å². The molecular weight excluding hydrogens is 284 g/mol. The molecule has 0 saturated carbocycles. The van der Waals surface area contributed by atoms with Gasteiger partial charge in [-0.15, -0.1) is 11.6 Å². The Balaban J connectivity index is 1.86. The van der Waals surface area contributed by atoms with Gasteiger partial charge in [-0.2, -0.15) is 0 Å². The van der Waals surface area contributed by atoms with Crippen LogP contribution in [0, 0.1) is 12.8 Å². The molecule has 2 aromatic rings. The molecule has 2 aromatic heterocycles. The fourth-order valence-corrected chi connectivity index (χ4v) is 3.40. The van der Waals surface area contributed by atoms with Crippen LogP contribution in [0.25, 0.3) is 11.2 Å². The monoisotopic (exact) mass is 306 g/mol. The molecule has 1 atom stereocenters. The van der Waals surface area contributed by atoms with Gasteiger partial charge in [0.2, 0.25) is 0 Å². The lowest BCUT2D eigenvalue weighted by Gasteiger charge is -2.20. The SMILES string of the molecule is Cc1cnc2c(c1)nc(CCl)n2CC1CCN(C(C)C)C1. The van der Waals surface area contributed by atoms with E-state index >= 15 is 0 Å². The van der Waals surface area contributed by atoms with Crippen molar-refractivity contribution < 1.29 is 0 Å². The van der Waals surface area contributed by atoms with E-state index in [9.17, 15) is 0 Å². The van der Waals surface area contributed by atoms with E-state index in [-0.39, 0.29) is 0 Å². The number of aryl methyl sites for hydroxylation is 1. The minimum absolute atomic E-state index is 0.440. The van der Waals surface area contributed by atoms with E-state index < -0.39 is 0 Å². The lowest BCUT2D eigenvalue weighted by Crippen LogP contribution is -2.28. The predicted molar refractivity (Wildman–Crippen MR) is 86.6 cm³/mol. The van der Waals surface area contributed by atoms with Crippen molar-refractivity contribution in [3.8, 4) is 0 Å². The Morgan fingerprint density at radius 2 is 2.24 bits per heavy atom. The van der Waals surface area contributed by atoms with Crippen LogP contribution >= 0.6 is 11.6 Å². The van der Waals surface area contributed by atoms with Crippen LogP contribution in [0.1, 0.15) is 31.7 Å². The number of rotatable bonds is 4. The highest BCUT2D eigenvalue weighted by molar-refractivity contribution is 6.16. The number of halogens is 1.